The zero-order valence-corrected chi connectivity index (χ0v) is 82.3. The number of aliphatic hydroxyl groups excluding tert-OH is 3. The minimum absolute atomic E-state index is 0. The molecule has 0 fully saturated rings. The summed E-state index contributed by atoms with van der Waals surface area (Å²) in [5.41, 5.74) is 14.8. The number of nitrogens with one attached hydrogen (secondary N) is 1. The molecule has 0 aliphatic carbocycles. The van der Waals surface area contributed by atoms with Crippen molar-refractivity contribution >= 4 is 40.6 Å². The maximum absolute atomic E-state index is 11.1. The van der Waals surface area contributed by atoms with Crippen LogP contribution in [0.15, 0.2) is 109 Å². The number of hydrogen-bond acceptors (Lipinski definition) is 18. The van der Waals surface area contributed by atoms with Gasteiger partial charge in [0.2, 0.25) is 5.91 Å². The van der Waals surface area contributed by atoms with Crippen molar-refractivity contribution in [3.63, 3.8) is 0 Å². The summed E-state index contributed by atoms with van der Waals surface area (Å²) in [6, 6.07) is 38.3. The van der Waals surface area contributed by atoms with Crippen LogP contribution in [0.5, 0.6) is 34.5 Å². The zero-order valence-electron chi connectivity index (χ0n) is 75.5. The Kier molecular flexibility index (Phi) is 59.7. The number of ether oxygens (including phenoxy) is 5. The summed E-state index contributed by atoms with van der Waals surface area (Å²) in [6.45, 7) is 50.3. The van der Waals surface area contributed by atoms with Gasteiger partial charge in [-0.25, -0.2) is 5.48 Å². The average Bonchev–Trinajstić information content (AvgIpc) is 0.785. The molecule has 22 heteroatoms. The van der Waals surface area contributed by atoms with Crippen molar-refractivity contribution in [1.29, 1.82) is 0 Å². The van der Waals surface area contributed by atoms with Crippen molar-refractivity contribution in [2.75, 3.05) is 38.4 Å². The first-order valence-corrected chi connectivity index (χ1v) is 41.1. The number of phenols is 1. The molecule has 0 saturated carbocycles. The molecule has 0 aromatic heterocycles. The van der Waals surface area contributed by atoms with E-state index in [1.54, 1.807) is 11.5 Å². The second kappa shape index (κ2) is 60.0. The SMILES string of the molecule is CCC(CC)(c1ccc(O)c(C)c1)c1ccc(OCC(O)C(C)(C)C)c(C)c1.CCC(CC)(c1ccc(OCCCCC(=O)NO)c(C)c1)c1ccc(OCC(O)C(C)(C)C)c(C)c1.CCCCCBr.CCCCCOc1ccc(C(CC)(CC)c2ccc(OCC(O)C(C)(C)C)c(C)c2)cc1C.O=C=O.O=C=O.O=CO[O-].[H-].[K+].[K+]. The molecule has 0 aliphatic rings. The van der Waals surface area contributed by atoms with Gasteiger partial charge in [-0.05, 0) is 225 Å². The van der Waals surface area contributed by atoms with Gasteiger partial charge >= 0.3 is 115 Å². The summed E-state index contributed by atoms with van der Waals surface area (Å²) in [5.74, 6) is 4.27. The Hall–Kier alpha value is -4.63. The molecule has 634 valence electrons. The second-order valence-corrected chi connectivity index (χ2v) is 32.8. The normalized spacial score (nSPS) is 11.8. The average molecular weight is 1720 g/mol. The van der Waals surface area contributed by atoms with Gasteiger partial charge in [-0.1, -0.05) is 232 Å². The Balaban J connectivity index is -0.000000733. The van der Waals surface area contributed by atoms with Crippen LogP contribution in [0.3, 0.4) is 0 Å². The Morgan fingerprint density at radius 3 is 0.870 bits per heavy atom. The van der Waals surface area contributed by atoms with Crippen LogP contribution in [-0.2, 0) is 49.9 Å². The predicted octanol–water partition coefficient (Wildman–Crippen LogP) is 13.9. The Morgan fingerprint density at radius 1 is 0.435 bits per heavy atom. The van der Waals surface area contributed by atoms with Gasteiger partial charge < -0.3 is 55.7 Å². The van der Waals surface area contributed by atoms with Crippen LogP contribution in [0.2, 0.25) is 0 Å². The Morgan fingerprint density at radius 2 is 0.670 bits per heavy atom. The summed E-state index contributed by atoms with van der Waals surface area (Å²) >= 11 is 3.35. The van der Waals surface area contributed by atoms with Gasteiger partial charge in [0.1, 0.15) is 54.3 Å². The van der Waals surface area contributed by atoms with Crippen molar-refractivity contribution in [3.05, 3.63) is 176 Å². The van der Waals surface area contributed by atoms with Crippen molar-refractivity contribution in [2.45, 2.75) is 290 Å². The minimum atomic E-state index is -0.536. The number of aromatic hydroxyl groups is 1. The minimum Gasteiger partial charge on any atom is -1.00 e. The molecule has 19 nitrogen and oxygen atoms in total. The first-order valence-electron chi connectivity index (χ1n) is 40.0. The van der Waals surface area contributed by atoms with Crippen LogP contribution in [0.25, 0.3) is 0 Å². The first-order chi connectivity index (χ1) is 53.3. The maximum atomic E-state index is 11.1. The number of benzene rings is 6. The third-order valence-corrected chi connectivity index (χ3v) is 21.7. The number of hydroxylamine groups is 1. The number of carbonyl (C=O) groups excluding carboxylic acids is 6. The van der Waals surface area contributed by atoms with E-state index >= 15 is 0 Å². The molecule has 0 heterocycles. The molecule has 6 rings (SSSR count). The predicted molar refractivity (Wildman–Crippen MR) is 452 cm³/mol. The van der Waals surface area contributed by atoms with E-state index in [-0.39, 0.29) is 181 Å². The maximum Gasteiger partial charge on any atom is 1.00 e. The molecule has 0 spiro atoms. The van der Waals surface area contributed by atoms with Crippen LogP contribution in [-0.4, -0.2) is 107 Å². The first kappa shape index (κ1) is 115. The quantitative estimate of drug-likeness (QED) is 0.00405. The fourth-order valence-corrected chi connectivity index (χ4v) is 13.4. The smallest absolute Gasteiger partial charge is 1.00 e. The molecule has 0 bridgehead atoms. The van der Waals surface area contributed by atoms with E-state index in [4.69, 9.17) is 58.1 Å². The zero-order chi connectivity index (χ0) is 86.3. The van der Waals surface area contributed by atoms with E-state index in [1.165, 1.54) is 76.4 Å². The van der Waals surface area contributed by atoms with Crippen molar-refractivity contribution in [2.24, 2.45) is 16.2 Å². The summed E-state index contributed by atoms with van der Waals surface area (Å²) in [5, 5.41) is 59.0. The molecular weight excluding hydrogens is 1580 g/mol. The summed E-state index contributed by atoms with van der Waals surface area (Å²) in [7, 11) is 0. The van der Waals surface area contributed by atoms with Crippen molar-refractivity contribution in [1.82, 2.24) is 5.48 Å². The van der Waals surface area contributed by atoms with E-state index in [0.29, 0.717) is 25.4 Å². The topological polar surface area (TPSA) is 294 Å². The van der Waals surface area contributed by atoms with E-state index in [0.717, 1.165) is 115 Å². The van der Waals surface area contributed by atoms with Crippen molar-refractivity contribution in [3.8, 4) is 34.5 Å². The van der Waals surface area contributed by atoms with Gasteiger partial charge in [0.05, 0.1) is 31.5 Å². The van der Waals surface area contributed by atoms with Crippen LogP contribution in [0, 0.1) is 57.8 Å². The van der Waals surface area contributed by atoms with Gasteiger partial charge in [-0.15, -0.1) is 0 Å². The third kappa shape index (κ3) is 38.8. The van der Waals surface area contributed by atoms with Gasteiger partial charge in [0.25, 0.3) is 6.47 Å². The third-order valence-electron chi connectivity index (χ3n) is 21.2. The molecule has 1 amide bonds. The molecule has 0 saturated heterocycles. The van der Waals surface area contributed by atoms with Crippen LogP contribution < -0.4 is 137 Å². The van der Waals surface area contributed by atoms with Gasteiger partial charge in [0.15, 0.2) is 0 Å². The molecule has 6 N–H and O–H groups in total. The van der Waals surface area contributed by atoms with E-state index in [2.05, 4.69) is 190 Å². The number of alkyl halides is 1. The number of halogens is 1. The molecule has 0 radical (unpaired) electrons. The summed E-state index contributed by atoms with van der Waals surface area (Å²) < 4.78 is 29.9. The number of aliphatic hydroxyl groups is 3. The number of unbranched alkanes of at least 4 members (excludes halogenated alkanes) is 5. The number of aryl methyl sites for hydroxylation is 6. The second-order valence-electron chi connectivity index (χ2n) is 32.0. The number of phenolic OH excluding ortho intramolecular Hbond substituents is 1. The van der Waals surface area contributed by atoms with E-state index < -0.39 is 18.3 Å². The fourth-order valence-electron chi connectivity index (χ4n) is 13.0. The van der Waals surface area contributed by atoms with Crippen molar-refractivity contribution < 1.29 is 192 Å². The Labute approximate surface area is 785 Å². The number of rotatable bonds is 36. The largest absolute Gasteiger partial charge is 1.00 e. The number of hydrogen-bond donors (Lipinski definition) is 6. The molecule has 0 aliphatic heterocycles. The number of carbonyl (C=O) groups is 2. The molecular formula is C93H140BrK2NO18. The fraction of sp³-hybridized carbons (Fsp3) is 0.570. The monoisotopic (exact) mass is 1720 g/mol. The number of amides is 1. The molecule has 115 heavy (non-hydrogen) atoms. The van der Waals surface area contributed by atoms with E-state index in [1.807, 2.05) is 93.5 Å². The summed E-state index contributed by atoms with van der Waals surface area (Å²) in [6.07, 6.45) is 14.0. The van der Waals surface area contributed by atoms with Crippen LogP contribution >= 0.6 is 15.9 Å². The van der Waals surface area contributed by atoms with Gasteiger partial charge in [0, 0.05) is 28.0 Å². The van der Waals surface area contributed by atoms with Crippen LogP contribution in [0.4, 0.5) is 0 Å². The van der Waals surface area contributed by atoms with Gasteiger partial charge in [-0.3, -0.25) is 14.8 Å². The molecule has 3 unspecified atom stereocenters. The molecule has 6 aromatic rings. The van der Waals surface area contributed by atoms with E-state index in [9.17, 15) is 25.2 Å². The molecule has 6 aromatic carbocycles. The standard InChI is InChI=1S/C30H45NO5.C30H46O3.C25H36O3.C5H11Br.CH2O3.2CO2.2K.H/c1-8-30(9-2,24-14-16-26(22(4)19-24)36-20-27(32)29(5,6)7)23-13-15-25(21(3)18-23)35-17-11-10-12-28(33)31-34;1-9-12-13-18-32-26-16-14-24(19-22(26)4)30(10-2,11-3)25-15-17-27(23(5)20-25)33-21-28(31)29(6,7)8;1-8-25(9-2,19-10-12-21(26)17(3)14-19)20-11-13-22(18(4)15-20)28-16-23(27)24(5,6)7;1-2-3-4-5-6;2-1-4-3;2*2-1-3;;;/h13-16,18-19,27,32,34H,8-12,17,20H2,1-7H3,(H,31,33);14-17,19-20,28,31H,9-13,18,21H2,1-8H3;10-15,23,26-27H,8-9,16H2,1-7H3;2-5H2,1H3;1,3H;;;;;/q;;;;;;;2*+1;-1/p-1. The molecule has 3 atom stereocenters. The Bertz CT molecular complexity index is 3760. The van der Waals surface area contributed by atoms with Crippen LogP contribution in [0.1, 0.15) is 282 Å². The van der Waals surface area contributed by atoms with Gasteiger partial charge in [-0.2, -0.15) is 19.2 Å². The summed E-state index contributed by atoms with van der Waals surface area (Å²) in [4.78, 5) is 54.9.